The molecule has 22 heavy (non-hydrogen) atoms. The smallest absolute Gasteiger partial charge is 0.307 e. The minimum atomic E-state index is -1.02. The van der Waals surface area contributed by atoms with Crippen molar-refractivity contribution in [1.82, 2.24) is 0 Å². The van der Waals surface area contributed by atoms with Crippen molar-refractivity contribution in [3.8, 4) is 0 Å². The predicted molar refractivity (Wildman–Crippen MR) is 75.0 cm³/mol. The normalized spacial score (nSPS) is 29.4. The molecule has 0 spiro atoms. The van der Waals surface area contributed by atoms with Crippen LogP contribution in [0.15, 0.2) is 30.4 Å². The van der Waals surface area contributed by atoms with Crippen LogP contribution in [0, 0.1) is 35.3 Å². The zero-order valence-corrected chi connectivity index (χ0v) is 11.6. The fourth-order valence-electron chi connectivity index (χ4n) is 3.50. The highest BCUT2D eigenvalue weighted by molar-refractivity contribution is 5.96. The zero-order valence-electron chi connectivity index (χ0n) is 11.6. The Morgan fingerprint density at radius 3 is 2.27 bits per heavy atom. The molecule has 2 N–H and O–H groups in total. The molecule has 1 aromatic rings. The summed E-state index contributed by atoms with van der Waals surface area (Å²) in [6, 6.07) is 2.85. The van der Waals surface area contributed by atoms with E-state index >= 15 is 0 Å². The number of allylic oxidation sites excluding steroid dienone is 2. The minimum Gasteiger partial charge on any atom is -0.481 e. The van der Waals surface area contributed by atoms with Crippen molar-refractivity contribution < 1.29 is 23.5 Å². The maximum absolute atomic E-state index is 13.6. The Morgan fingerprint density at radius 2 is 1.73 bits per heavy atom. The third kappa shape index (κ3) is 2.49. The van der Waals surface area contributed by atoms with Crippen LogP contribution >= 0.6 is 0 Å². The number of halogens is 2. The van der Waals surface area contributed by atoms with Gasteiger partial charge in [-0.25, -0.2) is 8.78 Å². The number of carboxylic acid groups (broad SMARTS) is 1. The first-order valence-corrected chi connectivity index (χ1v) is 7.14. The molecule has 2 bridgehead atoms. The van der Waals surface area contributed by atoms with Crippen molar-refractivity contribution >= 4 is 17.6 Å². The number of carboxylic acids is 1. The Morgan fingerprint density at radius 1 is 1.09 bits per heavy atom. The van der Waals surface area contributed by atoms with Crippen molar-refractivity contribution in [1.29, 1.82) is 0 Å². The van der Waals surface area contributed by atoms with Crippen LogP contribution < -0.4 is 5.32 Å². The Balaban J connectivity index is 1.84. The SMILES string of the molecule is O=C(O)C1C2C=CC(CC2)C1C(=O)Nc1ccc(F)cc1F. The van der Waals surface area contributed by atoms with Gasteiger partial charge in [0.25, 0.3) is 0 Å². The van der Waals surface area contributed by atoms with Gasteiger partial charge in [0.05, 0.1) is 17.5 Å². The first-order chi connectivity index (χ1) is 10.5. The lowest BCUT2D eigenvalue weighted by Crippen LogP contribution is -2.47. The summed E-state index contributed by atoms with van der Waals surface area (Å²) < 4.78 is 26.5. The topological polar surface area (TPSA) is 66.4 Å². The molecule has 116 valence electrons. The second-order valence-corrected chi connectivity index (χ2v) is 5.79. The van der Waals surface area contributed by atoms with Crippen LogP contribution in [0.5, 0.6) is 0 Å². The van der Waals surface area contributed by atoms with E-state index < -0.39 is 35.3 Å². The molecule has 4 rings (SSSR count). The van der Waals surface area contributed by atoms with Crippen LogP contribution in [0.4, 0.5) is 14.5 Å². The Hall–Kier alpha value is -2.24. The Bertz CT molecular complexity index is 659. The fraction of sp³-hybridized carbons (Fsp3) is 0.375. The van der Waals surface area contributed by atoms with Crippen LogP contribution in [0.25, 0.3) is 0 Å². The van der Waals surface area contributed by atoms with Gasteiger partial charge in [0, 0.05) is 6.07 Å². The Labute approximate surface area is 125 Å². The summed E-state index contributed by atoms with van der Waals surface area (Å²) in [4.78, 5) is 23.9. The van der Waals surface area contributed by atoms with Crippen molar-refractivity contribution in [2.75, 3.05) is 5.32 Å². The molecular formula is C16H15F2NO3. The number of hydrogen-bond donors (Lipinski definition) is 2. The minimum absolute atomic E-state index is 0.138. The van der Waals surface area contributed by atoms with Gasteiger partial charge in [0.15, 0.2) is 0 Å². The van der Waals surface area contributed by atoms with E-state index in [4.69, 9.17) is 0 Å². The average Bonchev–Trinajstić information content (AvgIpc) is 2.50. The number of carbonyl (C=O) groups is 2. The summed E-state index contributed by atoms with van der Waals surface area (Å²) >= 11 is 0. The fourth-order valence-corrected chi connectivity index (χ4v) is 3.50. The molecule has 6 heteroatoms. The second-order valence-electron chi connectivity index (χ2n) is 5.79. The standard InChI is InChI=1S/C16H15F2NO3/c17-10-5-6-12(11(18)7-10)19-15(20)13-8-1-3-9(4-2-8)14(13)16(21)22/h1,3,5-9,13-14H,2,4H2,(H,19,20)(H,21,22). The maximum atomic E-state index is 13.6. The number of rotatable bonds is 3. The molecule has 0 heterocycles. The van der Waals surface area contributed by atoms with Crippen LogP contribution in [-0.2, 0) is 9.59 Å². The van der Waals surface area contributed by atoms with Crippen molar-refractivity contribution in [3.05, 3.63) is 42.0 Å². The van der Waals surface area contributed by atoms with Crippen molar-refractivity contribution in [2.45, 2.75) is 12.8 Å². The van der Waals surface area contributed by atoms with Gasteiger partial charge < -0.3 is 10.4 Å². The molecule has 0 aliphatic heterocycles. The lowest BCUT2D eigenvalue weighted by molar-refractivity contribution is -0.151. The highest BCUT2D eigenvalue weighted by Crippen LogP contribution is 2.45. The highest BCUT2D eigenvalue weighted by atomic mass is 19.1. The molecule has 4 unspecified atom stereocenters. The molecule has 1 fully saturated rings. The first-order valence-electron chi connectivity index (χ1n) is 7.14. The molecule has 1 aromatic carbocycles. The van der Waals surface area contributed by atoms with E-state index in [-0.39, 0.29) is 17.5 Å². The number of nitrogens with one attached hydrogen (secondary N) is 1. The number of aliphatic carboxylic acids is 1. The number of hydrogen-bond acceptors (Lipinski definition) is 2. The zero-order chi connectivity index (χ0) is 15.9. The highest BCUT2D eigenvalue weighted by Gasteiger charge is 2.48. The van der Waals surface area contributed by atoms with E-state index in [1.807, 2.05) is 12.2 Å². The van der Waals surface area contributed by atoms with Gasteiger partial charge in [-0.3, -0.25) is 9.59 Å². The van der Waals surface area contributed by atoms with E-state index in [1.54, 1.807) is 0 Å². The van der Waals surface area contributed by atoms with Crippen LogP contribution in [0.3, 0.4) is 0 Å². The Kier molecular flexibility index (Phi) is 3.68. The third-order valence-corrected chi connectivity index (χ3v) is 4.53. The van der Waals surface area contributed by atoms with Crippen molar-refractivity contribution in [2.24, 2.45) is 23.7 Å². The second kappa shape index (κ2) is 5.51. The largest absolute Gasteiger partial charge is 0.481 e. The summed E-state index contributed by atoms with van der Waals surface area (Å²) in [5.41, 5.74) is -0.138. The summed E-state index contributed by atoms with van der Waals surface area (Å²) in [5, 5.41) is 11.8. The van der Waals surface area contributed by atoms with E-state index in [0.717, 1.165) is 25.0 Å². The lowest BCUT2D eigenvalue weighted by Gasteiger charge is -2.41. The summed E-state index contributed by atoms with van der Waals surface area (Å²) in [6.45, 7) is 0. The number of benzene rings is 1. The predicted octanol–water partition coefficient (Wildman–Crippen LogP) is 2.82. The van der Waals surface area contributed by atoms with E-state index in [0.29, 0.717) is 6.07 Å². The third-order valence-electron chi connectivity index (χ3n) is 4.53. The van der Waals surface area contributed by atoms with Gasteiger partial charge in [0.1, 0.15) is 11.6 Å². The molecule has 4 nitrogen and oxygen atoms in total. The molecule has 1 amide bonds. The average molecular weight is 307 g/mol. The van der Waals surface area contributed by atoms with Gasteiger partial charge in [-0.15, -0.1) is 0 Å². The van der Waals surface area contributed by atoms with Gasteiger partial charge in [0.2, 0.25) is 5.91 Å². The molecule has 1 saturated carbocycles. The van der Waals surface area contributed by atoms with Gasteiger partial charge >= 0.3 is 5.97 Å². The molecular weight excluding hydrogens is 292 g/mol. The first kappa shape index (κ1) is 14.7. The number of amides is 1. The quantitative estimate of drug-likeness (QED) is 0.844. The molecule has 3 aliphatic rings. The van der Waals surface area contributed by atoms with E-state index in [2.05, 4.69) is 5.32 Å². The van der Waals surface area contributed by atoms with Crippen molar-refractivity contribution in [3.63, 3.8) is 0 Å². The number of anilines is 1. The molecule has 4 atom stereocenters. The lowest BCUT2D eigenvalue weighted by atomic mass is 9.62. The van der Waals surface area contributed by atoms with Gasteiger partial charge in [-0.1, -0.05) is 12.2 Å². The molecule has 0 saturated heterocycles. The van der Waals surface area contributed by atoms with Gasteiger partial charge in [-0.05, 0) is 36.8 Å². The molecule has 3 aliphatic carbocycles. The summed E-state index contributed by atoms with van der Waals surface area (Å²) in [7, 11) is 0. The monoisotopic (exact) mass is 307 g/mol. The van der Waals surface area contributed by atoms with Crippen LogP contribution in [0.2, 0.25) is 0 Å². The summed E-state index contributed by atoms with van der Waals surface area (Å²) in [5.74, 6) is -5.02. The van der Waals surface area contributed by atoms with Crippen LogP contribution in [0.1, 0.15) is 12.8 Å². The molecule has 0 radical (unpaired) electrons. The number of carbonyl (C=O) groups excluding carboxylic acids is 1. The van der Waals surface area contributed by atoms with Gasteiger partial charge in [-0.2, -0.15) is 0 Å². The maximum Gasteiger partial charge on any atom is 0.307 e. The van der Waals surface area contributed by atoms with Crippen LogP contribution in [-0.4, -0.2) is 17.0 Å². The van der Waals surface area contributed by atoms with E-state index in [1.165, 1.54) is 0 Å². The van der Waals surface area contributed by atoms with E-state index in [9.17, 15) is 23.5 Å². The molecule has 0 aromatic heterocycles. The summed E-state index contributed by atoms with van der Waals surface area (Å²) in [6.07, 6.45) is 5.22. The number of fused-ring (bicyclic) bond motifs is 2.